The molecule has 0 saturated carbocycles. The Morgan fingerprint density at radius 1 is 1.00 bits per heavy atom. The number of fused-ring (bicyclic) bond motifs is 1. The van der Waals surface area contributed by atoms with Crippen LogP contribution in [0.25, 0.3) is 10.9 Å². The maximum absolute atomic E-state index is 5.76. The van der Waals surface area contributed by atoms with Crippen molar-refractivity contribution in [3.63, 3.8) is 0 Å². The fourth-order valence-corrected chi connectivity index (χ4v) is 2.56. The Kier molecular flexibility index (Phi) is 4.15. The molecule has 3 nitrogen and oxygen atoms in total. The summed E-state index contributed by atoms with van der Waals surface area (Å²) < 4.78 is 14.2. The van der Waals surface area contributed by atoms with Crippen LogP contribution in [0.5, 0.6) is 11.5 Å². The summed E-state index contributed by atoms with van der Waals surface area (Å²) in [5, 5.41) is 1.18. The molecule has 0 fully saturated rings. The second kappa shape index (κ2) is 6.22. The summed E-state index contributed by atoms with van der Waals surface area (Å²) in [7, 11) is 1.68. The van der Waals surface area contributed by atoms with E-state index in [2.05, 4.69) is 38.8 Å². The van der Waals surface area contributed by atoms with Gasteiger partial charge in [-0.05, 0) is 48.5 Å². The zero-order chi connectivity index (χ0) is 14.7. The van der Waals surface area contributed by atoms with Gasteiger partial charge in [0.1, 0.15) is 18.1 Å². The Morgan fingerprint density at radius 2 is 1.76 bits per heavy atom. The van der Waals surface area contributed by atoms with Gasteiger partial charge in [0.05, 0.1) is 13.7 Å². The lowest BCUT2D eigenvalue weighted by atomic mass is 10.2. The first-order valence-electron chi connectivity index (χ1n) is 6.77. The minimum Gasteiger partial charge on any atom is -0.497 e. The molecule has 0 amide bonds. The third-order valence-electron chi connectivity index (χ3n) is 3.39. The molecule has 2 aromatic carbocycles. The van der Waals surface area contributed by atoms with E-state index < -0.39 is 0 Å². The molecule has 4 heteroatoms. The van der Waals surface area contributed by atoms with E-state index in [1.54, 1.807) is 7.11 Å². The van der Waals surface area contributed by atoms with Crippen LogP contribution in [-0.2, 0) is 6.54 Å². The quantitative estimate of drug-likeness (QED) is 0.679. The molecule has 0 saturated heterocycles. The summed E-state index contributed by atoms with van der Waals surface area (Å²) in [5.74, 6) is 1.77. The van der Waals surface area contributed by atoms with Crippen LogP contribution in [0.4, 0.5) is 0 Å². The minimum atomic E-state index is 0.636. The number of rotatable bonds is 5. The van der Waals surface area contributed by atoms with E-state index in [9.17, 15) is 0 Å². The largest absolute Gasteiger partial charge is 0.497 e. The molecule has 0 radical (unpaired) electrons. The number of aromatic nitrogens is 1. The molecule has 0 N–H and O–H groups in total. The van der Waals surface area contributed by atoms with E-state index in [4.69, 9.17) is 9.47 Å². The summed E-state index contributed by atoms with van der Waals surface area (Å²) in [5.41, 5.74) is 1.19. The van der Waals surface area contributed by atoms with Crippen molar-refractivity contribution in [2.24, 2.45) is 0 Å². The Bertz CT molecular complexity index is 734. The molecule has 1 heterocycles. The van der Waals surface area contributed by atoms with Crippen molar-refractivity contribution in [1.29, 1.82) is 0 Å². The molecule has 0 aliphatic carbocycles. The topological polar surface area (TPSA) is 23.4 Å². The molecular weight excluding hydrogens is 330 g/mol. The summed E-state index contributed by atoms with van der Waals surface area (Å²) in [6.45, 7) is 1.45. The molecule has 108 valence electrons. The van der Waals surface area contributed by atoms with Gasteiger partial charge in [-0.15, -0.1) is 0 Å². The zero-order valence-corrected chi connectivity index (χ0v) is 13.3. The SMILES string of the molecule is COc1ccc2c(ccn2CCOc2ccc(Br)cc2)c1. The third-order valence-corrected chi connectivity index (χ3v) is 3.92. The van der Waals surface area contributed by atoms with Gasteiger partial charge in [0.25, 0.3) is 0 Å². The molecule has 3 rings (SSSR count). The maximum atomic E-state index is 5.76. The second-order valence-corrected chi connectivity index (χ2v) is 5.65. The number of ether oxygens (including phenoxy) is 2. The monoisotopic (exact) mass is 345 g/mol. The highest BCUT2D eigenvalue weighted by Gasteiger charge is 2.03. The lowest BCUT2D eigenvalue weighted by molar-refractivity contribution is 0.300. The van der Waals surface area contributed by atoms with Crippen molar-refractivity contribution >= 4 is 26.8 Å². The van der Waals surface area contributed by atoms with Crippen molar-refractivity contribution in [3.8, 4) is 11.5 Å². The number of hydrogen-bond acceptors (Lipinski definition) is 2. The Morgan fingerprint density at radius 3 is 2.52 bits per heavy atom. The van der Waals surface area contributed by atoms with Crippen LogP contribution >= 0.6 is 15.9 Å². The first-order valence-corrected chi connectivity index (χ1v) is 7.57. The van der Waals surface area contributed by atoms with Crippen LogP contribution in [0, 0.1) is 0 Å². The predicted molar refractivity (Wildman–Crippen MR) is 88.1 cm³/mol. The van der Waals surface area contributed by atoms with Crippen molar-refractivity contribution in [1.82, 2.24) is 4.57 Å². The van der Waals surface area contributed by atoms with Crippen molar-refractivity contribution in [2.75, 3.05) is 13.7 Å². The summed E-state index contributed by atoms with van der Waals surface area (Å²) in [6, 6.07) is 16.1. The first kappa shape index (κ1) is 14.0. The average molecular weight is 346 g/mol. The van der Waals surface area contributed by atoms with Crippen LogP contribution in [0.3, 0.4) is 0 Å². The van der Waals surface area contributed by atoms with E-state index in [1.807, 2.05) is 36.4 Å². The van der Waals surface area contributed by atoms with E-state index in [0.717, 1.165) is 22.5 Å². The number of halogens is 1. The second-order valence-electron chi connectivity index (χ2n) is 4.74. The van der Waals surface area contributed by atoms with Gasteiger partial charge in [0.15, 0.2) is 0 Å². The van der Waals surface area contributed by atoms with Gasteiger partial charge in [-0.25, -0.2) is 0 Å². The van der Waals surface area contributed by atoms with Crippen LogP contribution in [0.15, 0.2) is 59.2 Å². The summed E-state index contributed by atoms with van der Waals surface area (Å²) in [6.07, 6.45) is 2.08. The van der Waals surface area contributed by atoms with Gasteiger partial charge < -0.3 is 14.0 Å². The molecule has 0 aliphatic heterocycles. The van der Waals surface area contributed by atoms with Gasteiger partial charge in [-0.3, -0.25) is 0 Å². The van der Waals surface area contributed by atoms with E-state index in [1.165, 1.54) is 10.9 Å². The molecule has 0 aliphatic rings. The zero-order valence-electron chi connectivity index (χ0n) is 11.8. The normalized spacial score (nSPS) is 10.8. The maximum Gasteiger partial charge on any atom is 0.119 e. The molecule has 3 aromatic rings. The highest BCUT2D eigenvalue weighted by molar-refractivity contribution is 9.10. The van der Waals surface area contributed by atoms with E-state index in [-0.39, 0.29) is 0 Å². The Labute approximate surface area is 132 Å². The third kappa shape index (κ3) is 3.22. The van der Waals surface area contributed by atoms with Gasteiger partial charge in [-0.2, -0.15) is 0 Å². The molecule has 0 unspecified atom stereocenters. The highest BCUT2D eigenvalue weighted by atomic mass is 79.9. The molecule has 21 heavy (non-hydrogen) atoms. The van der Waals surface area contributed by atoms with Crippen molar-refractivity contribution in [3.05, 3.63) is 59.2 Å². The molecule has 0 atom stereocenters. The summed E-state index contributed by atoms with van der Waals surface area (Å²) in [4.78, 5) is 0. The Hall–Kier alpha value is -1.94. The van der Waals surface area contributed by atoms with Gasteiger partial charge >= 0.3 is 0 Å². The number of benzene rings is 2. The molecule has 0 spiro atoms. The standard InChI is InChI=1S/C17H16BrNO2/c1-20-16-6-7-17-13(12-16)8-9-19(17)10-11-21-15-4-2-14(18)3-5-15/h2-9,12H,10-11H2,1H3. The lowest BCUT2D eigenvalue weighted by Gasteiger charge is -2.09. The van der Waals surface area contributed by atoms with Crippen LogP contribution < -0.4 is 9.47 Å². The van der Waals surface area contributed by atoms with Crippen LogP contribution in [0.2, 0.25) is 0 Å². The molecule has 0 bridgehead atoms. The smallest absolute Gasteiger partial charge is 0.119 e. The molecular formula is C17H16BrNO2. The van der Waals surface area contributed by atoms with Crippen molar-refractivity contribution in [2.45, 2.75) is 6.54 Å². The van der Waals surface area contributed by atoms with E-state index in [0.29, 0.717) is 6.61 Å². The fourth-order valence-electron chi connectivity index (χ4n) is 2.29. The van der Waals surface area contributed by atoms with E-state index >= 15 is 0 Å². The number of hydrogen-bond donors (Lipinski definition) is 0. The fraction of sp³-hybridized carbons (Fsp3) is 0.176. The molecule has 1 aromatic heterocycles. The number of methoxy groups -OCH3 is 1. The van der Waals surface area contributed by atoms with Crippen LogP contribution in [-0.4, -0.2) is 18.3 Å². The Balaban J connectivity index is 1.66. The predicted octanol–water partition coefficient (Wildman–Crippen LogP) is 4.49. The average Bonchev–Trinajstić information content (AvgIpc) is 2.91. The highest BCUT2D eigenvalue weighted by Crippen LogP contribution is 2.22. The minimum absolute atomic E-state index is 0.636. The lowest BCUT2D eigenvalue weighted by Crippen LogP contribution is -2.07. The first-order chi connectivity index (χ1) is 10.3. The number of nitrogens with zero attached hydrogens (tertiary/aromatic N) is 1. The van der Waals surface area contributed by atoms with Crippen LogP contribution in [0.1, 0.15) is 0 Å². The summed E-state index contributed by atoms with van der Waals surface area (Å²) >= 11 is 3.41. The van der Waals surface area contributed by atoms with Crippen molar-refractivity contribution < 1.29 is 9.47 Å². The van der Waals surface area contributed by atoms with Gasteiger partial charge in [-0.1, -0.05) is 15.9 Å². The van der Waals surface area contributed by atoms with Gasteiger partial charge in [0.2, 0.25) is 0 Å². The van der Waals surface area contributed by atoms with Gasteiger partial charge in [0, 0.05) is 21.6 Å².